The molecule has 5 heteroatoms. The van der Waals surface area contributed by atoms with Gasteiger partial charge in [-0.3, -0.25) is 4.72 Å². The van der Waals surface area contributed by atoms with Gasteiger partial charge in [0.1, 0.15) is 0 Å². The normalized spacial score (nSPS) is 11.2. The van der Waals surface area contributed by atoms with Crippen LogP contribution in [0.2, 0.25) is 0 Å². The Balaban J connectivity index is 2.02. The lowest BCUT2D eigenvalue weighted by Crippen LogP contribution is -2.17. The van der Waals surface area contributed by atoms with Gasteiger partial charge in [0, 0.05) is 25.0 Å². The minimum absolute atomic E-state index is 0.142. The lowest BCUT2D eigenvalue weighted by molar-refractivity contribution is 0.600. The largest absolute Gasteiger partial charge is 0.370 e. The summed E-state index contributed by atoms with van der Waals surface area (Å²) in [5.74, 6) is 0.142. The van der Waals surface area contributed by atoms with E-state index in [9.17, 15) is 8.42 Å². The molecule has 2 aromatic carbocycles. The van der Waals surface area contributed by atoms with E-state index in [1.165, 1.54) is 5.56 Å². The molecule has 0 bridgehead atoms. The third kappa shape index (κ3) is 4.77. The maximum absolute atomic E-state index is 11.7. The van der Waals surface area contributed by atoms with Gasteiger partial charge in [-0.05, 0) is 36.2 Å². The van der Waals surface area contributed by atoms with Crippen LogP contribution in [0.5, 0.6) is 0 Å². The molecule has 1 N–H and O–H groups in total. The fourth-order valence-corrected chi connectivity index (χ4v) is 3.37. The molecule has 2 aromatic rings. The number of hydrogen-bond donors (Lipinski definition) is 1. The monoisotopic (exact) mass is 318 g/mol. The zero-order valence-corrected chi connectivity index (χ0v) is 13.8. The van der Waals surface area contributed by atoms with E-state index >= 15 is 0 Å². The Bertz CT molecular complexity index is 682. The van der Waals surface area contributed by atoms with E-state index < -0.39 is 10.0 Å². The molecule has 0 heterocycles. The average molecular weight is 318 g/mol. The maximum Gasteiger partial charge on any atom is 0.232 e. The van der Waals surface area contributed by atoms with Crippen LogP contribution in [0.4, 0.5) is 11.4 Å². The van der Waals surface area contributed by atoms with E-state index in [4.69, 9.17) is 0 Å². The zero-order chi connectivity index (χ0) is 16.0. The van der Waals surface area contributed by atoms with Gasteiger partial charge in [0.15, 0.2) is 0 Å². The Morgan fingerprint density at radius 1 is 1.00 bits per heavy atom. The Morgan fingerprint density at radius 3 is 2.23 bits per heavy atom. The van der Waals surface area contributed by atoms with E-state index in [2.05, 4.69) is 21.8 Å². The van der Waals surface area contributed by atoms with Crippen molar-refractivity contribution in [2.45, 2.75) is 19.9 Å². The van der Waals surface area contributed by atoms with Crippen molar-refractivity contribution in [1.29, 1.82) is 0 Å². The van der Waals surface area contributed by atoms with Gasteiger partial charge >= 0.3 is 0 Å². The number of benzene rings is 2. The fraction of sp³-hybridized carbons (Fsp3) is 0.294. The molecular weight excluding hydrogens is 296 g/mol. The Morgan fingerprint density at radius 2 is 1.64 bits per heavy atom. The van der Waals surface area contributed by atoms with Crippen LogP contribution in [0.1, 0.15) is 18.9 Å². The third-order valence-corrected chi connectivity index (χ3v) is 4.81. The van der Waals surface area contributed by atoms with Crippen molar-refractivity contribution >= 4 is 21.4 Å². The fourth-order valence-electron chi connectivity index (χ4n) is 2.23. The average Bonchev–Trinajstić information content (AvgIpc) is 2.48. The van der Waals surface area contributed by atoms with E-state index in [0.717, 1.165) is 12.2 Å². The van der Waals surface area contributed by atoms with Crippen molar-refractivity contribution in [3.05, 3.63) is 60.2 Å². The zero-order valence-electron chi connectivity index (χ0n) is 13.0. The van der Waals surface area contributed by atoms with Gasteiger partial charge in [-0.1, -0.05) is 37.3 Å². The molecule has 0 fully saturated rings. The molecule has 0 amide bonds. The molecule has 0 spiro atoms. The van der Waals surface area contributed by atoms with Gasteiger partial charge in [-0.15, -0.1) is 0 Å². The quantitative estimate of drug-likeness (QED) is 0.850. The molecular formula is C17H22N2O2S. The second-order valence-electron chi connectivity index (χ2n) is 5.31. The van der Waals surface area contributed by atoms with Gasteiger partial charge in [-0.25, -0.2) is 8.42 Å². The molecule has 0 atom stereocenters. The molecule has 0 aliphatic rings. The highest BCUT2D eigenvalue weighted by Gasteiger charge is 2.09. The lowest BCUT2D eigenvalue weighted by atomic mass is 10.2. The smallest absolute Gasteiger partial charge is 0.232 e. The topological polar surface area (TPSA) is 49.4 Å². The summed E-state index contributed by atoms with van der Waals surface area (Å²) in [6, 6.07) is 17.7. The van der Waals surface area contributed by atoms with Crippen LogP contribution in [-0.2, 0) is 16.6 Å². The Hall–Kier alpha value is -2.01. The number of nitrogens with one attached hydrogen (secondary N) is 1. The molecule has 0 radical (unpaired) electrons. The highest BCUT2D eigenvalue weighted by Crippen LogP contribution is 2.19. The van der Waals surface area contributed by atoms with Crippen molar-refractivity contribution in [1.82, 2.24) is 0 Å². The molecule has 4 nitrogen and oxygen atoms in total. The molecule has 0 aliphatic carbocycles. The summed E-state index contributed by atoms with van der Waals surface area (Å²) in [4.78, 5) is 2.12. The first-order valence-electron chi connectivity index (χ1n) is 7.36. The van der Waals surface area contributed by atoms with E-state index in [0.29, 0.717) is 12.1 Å². The van der Waals surface area contributed by atoms with Gasteiger partial charge in [-0.2, -0.15) is 0 Å². The number of hydrogen-bond acceptors (Lipinski definition) is 3. The van der Waals surface area contributed by atoms with E-state index in [1.807, 2.05) is 44.3 Å². The van der Waals surface area contributed by atoms with Gasteiger partial charge < -0.3 is 4.90 Å². The number of rotatable bonds is 7. The summed E-state index contributed by atoms with van der Waals surface area (Å²) in [5.41, 5.74) is 2.88. The standard InChI is InChI=1S/C17H22N2O2S/c1-3-13-22(20,21)18-16-9-11-17(12-10-16)19(2)14-15-7-5-4-6-8-15/h4-12,18H,3,13-14H2,1-2H3. The molecule has 0 aromatic heterocycles. The SMILES string of the molecule is CCCS(=O)(=O)Nc1ccc(N(C)Cc2ccccc2)cc1. The highest BCUT2D eigenvalue weighted by molar-refractivity contribution is 7.92. The van der Waals surface area contributed by atoms with E-state index in [-0.39, 0.29) is 5.75 Å². The molecule has 22 heavy (non-hydrogen) atoms. The highest BCUT2D eigenvalue weighted by atomic mass is 32.2. The van der Waals surface area contributed by atoms with Crippen molar-refractivity contribution in [2.75, 3.05) is 22.4 Å². The molecule has 0 unspecified atom stereocenters. The lowest BCUT2D eigenvalue weighted by Gasteiger charge is -2.20. The second-order valence-corrected chi connectivity index (χ2v) is 7.15. The van der Waals surface area contributed by atoms with Crippen LogP contribution >= 0.6 is 0 Å². The van der Waals surface area contributed by atoms with Crippen LogP contribution < -0.4 is 9.62 Å². The van der Waals surface area contributed by atoms with E-state index in [1.54, 1.807) is 12.1 Å². The molecule has 0 saturated carbocycles. The first-order valence-corrected chi connectivity index (χ1v) is 9.01. The summed E-state index contributed by atoms with van der Waals surface area (Å²) >= 11 is 0. The summed E-state index contributed by atoms with van der Waals surface area (Å²) in [6.45, 7) is 2.66. The van der Waals surface area contributed by atoms with Gasteiger partial charge in [0.05, 0.1) is 5.75 Å². The first kappa shape index (κ1) is 16.4. The second kappa shape index (κ2) is 7.31. The van der Waals surface area contributed by atoms with Gasteiger partial charge in [0.2, 0.25) is 10.0 Å². The maximum atomic E-state index is 11.7. The van der Waals surface area contributed by atoms with Crippen LogP contribution in [0, 0.1) is 0 Å². The van der Waals surface area contributed by atoms with Crippen LogP contribution in [-0.4, -0.2) is 21.2 Å². The summed E-state index contributed by atoms with van der Waals surface area (Å²) in [5, 5.41) is 0. The molecule has 2 rings (SSSR count). The third-order valence-electron chi connectivity index (χ3n) is 3.32. The van der Waals surface area contributed by atoms with Crippen molar-refractivity contribution in [2.24, 2.45) is 0 Å². The summed E-state index contributed by atoms with van der Waals surface area (Å²) in [6.07, 6.45) is 0.604. The number of anilines is 2. The van der Waals surface area contributed by atoms with Crippen LogP contribution in [0.25, 0.3) is 0 Å². The van der Waals surface area contributed by atoms with Gasteiger partial charge in [0.25, 0.3) is 0 Å². The predicted molar refractivity (Wildman–Crippen MR) is 92.7 cm³/mol. The summed E-state index contributed by atoms with van der Waals surface area (Å²) in [7, 11) is -1.21. The summed E-state index contributed by atoms with van der Waals surface area (Å²) < 4.78 is 26.1. The Labute approximate surface area is 132 Å². The first-order chi connectivity index (χ1) is 10.5. The molecule has 118 valence electrons. The molecule has 0 saturated heterocycles. The van der Waals surface area contributed by atoms with Crippen LogP contribution in [0.3, 0.4) is 0 Å². The minimum atomic E-state index is -3.23. The van der Waals surface area contributed by atoms with Crippen molar-refractivity contribution < 1.29 is 8.42 Å². The van der Waals surface area contributed by atoms with Crippen LogP contribution in [0.15, 0.2) is 54.6 Å². The number of sulfonamides is 1. The predicted octanol–water partition coefficient (Wildman–Crippen LogP) is 3.47. The van der Waals surface area contributed by atoms with Crippen molar-refractivity contribution in [3.8, 4) is 0 Å². The minimum Gasteiger partial charge on any atom is -0.370 e. The Kier molecular flexibility index (Phi) is 5.44. The number of nitrogens with zero attached hydrogens (tertiary/aromatic N) is 1. The molecule has 0 aliphatic heterocycles. The van der Waals surface area contributed by atoms with Crippen molar-refractivity contribution in [3.63, 3.8) is 0 Å².